The summed E-state index contributed by atoms with van der Waals surface area (Å²) in [4.78, 5) is 25.3. The maximum Gasteiger partial charge on any atom is 0.371 e. The predicted molar refractivity (Wildman–Crippen MR) is 66.1 cm³/mol. The lowest BCUT2D eigenvalue weighted by Gasteiger charge is -2.04. The van der Waals surface area contributed by atoms with Gasteiger partial charge in [-0.05, 0) is 12.1 Å². The van der Waals surface area contributed by atoms with Crippen molar-refractivity contribution >= 4 is 23.1 Å². The van der Waals surface area contributed by atoms with E-state index in [1.165, 1.54) is 18.5 Å². The Kier molecular flexibility index (Phi) is 2.71. The maximum absolute atomic E-state index is 10.7. The van der Waals surface area contributed by atoms with E-state index in [0.717, 1.165) is 0 Å². The van der Waals surface area contributed by atoms with Gasteiger partial charge in [0.05, 0.1) is 6.33 Å². The number of aromatic amines is 1. The summed E-state index contributed by atoms with van der Waals surface area (Å²) in [5, 5.41) is 8.75. The second-order valence-electron chi connectivity index (χ2n) is 3.85. The Morgan fingerprint density at radius 1 is 1.45 bits per heavy atom. The van der Waals surface area contributed by atoms with Crippen LogP contribution in [0.4, 0.5) is 5.95 Å². The Hall–Kier alpha value is -3.10. The van der Waals surface area contributed by atoms with Crippen LogP contribution in [-0.2, 0) is 6.61 Å². The van der Waals surface area contributed by atoms with Gasteiger partial charge in [0.25, 0.3) is 0 Å². The van der Waals surface area contributed by atoms with E-state index in [-0.39, 0.29) is 24.2 Å². The fourth-order valence-electron chi connectivity index (χ4n) is 1.64. The van der Waals surface area contributed by atoms with Gasteiger partial charge in [0.2, 0.25) is 17.6 Å². The highest BCUT2D eigenvalue weighted by molar-refractivity contribution is 5.84. The summed E-state index contributed by atoms with van der Waals surface area (Å²) in [7, 11) is 0. The van der Waals surface area contributed by atoms with Gasteiger partial charge < -0.3 is 25.0 Å². The van der Waals surface area contributed by atoms with E-state index in [2.05, 4.69) is 19.9 Å². The molecule has 0 aliphatic rings. The first-order valence-electron chi connectivity index (χ1n) is 5.55. The lowest BCUT2D eigenvalue weighted by Crippen LogP contribution is -2.02. The summed E-state index contributed by atoms with van der Waals surface area (Å²) in [5.74, 6) is -0.688. The summed E-state index contributed by atoms with van der Waals surface area (Å²) in [6.07, 6.45) is 1.45. The van der Waals surface area contributed by atoms with E-state index < -0.39 is 5.97 Å². The number of nitrogens with one attached hydrogen (secondary N) is 1. The minimum Gasteiger partial charge on any atom is -0.475 e. The van der Waals surface area contributed by atoms with Crippen molar-refractivity contribution in [3.8, 4) is 5.88 Å². The Morgan fingerprint density at radius 3 is 3.05 bits per heavy atom. The van der Waals surface area contributed by atoms with E-state index in [0.29, 0.717) is 16.9 Å². The number of carboxylic acid groups (broad SMARTS) is 1. The molecule has 0 aliphatic heterocycles. The summed E-state index contributed by atoms with van der Waals surface area (Å²) in [5.41, 5.74) is 6.43. The summed E-state index contributed by atoms with van der Waals surface area (Å²) in [6.45, 7) is 0.0118. The summed E-state index contributed by atoms with van der Waals surface area (Å²) in [6, 6.07) is 2.86. The smallest absolute Gasteiger partial charge is 0.371 e. The average Bonchev–Trinajstić information content (AvgIpc) is 3.04. The van der Waals surface area contributed by atoms with Crippen LogP contribution >= 0.6 is 0 Å². The molecule has 0 unspecified atom stereocenters. The Balaban J connectivity index is 1.82. The molecule has 3 heterocycles. The third-order valence-corrected chi connectivity index (χ3v) is 2.49. The number of imidazole rings is 1. The Labute approximate surface area is 111 Å². The zero-order chi connectivity index (χ0) is 14.1. The molecule has 4 N–H and O–H groups in total. The molecular weight excluding hydrogens is 266 g/mol. The predicted octanol–water partition coefficient (Wildman–Crippen LogP) is 0.805. The molecular formula is C11H9N5O4. The molecule has 0 radical (unpaired) electrons. The highest BCUT2D eigenvalue weighted by Gasteiger charge is 2.12. The van der Waals surface area contributed by atoms with Gasteiger partial charge in [-0.25, -0.2) is 9.78 Å². The lowest BCUT2D eigenvalue weighted by molar-refractivity contribution is 0.0658. The van der Waals surface area contributed by atoms with E-state index >= 15 is 0 Å². The van der Waals surface area contributed by atoms with Crippen molar-refractivity contribution < 1.29 is 19.1 Å². The van der Waals surface area contributed by atoms with E-state index in [9.17, 15) is 4.79 Å². The number of aromatic nitrogens is 4. The van der Waals surface area contributed by atoms with Crippen LogP contribution in [0.25, 0.3) is 11.2 Å². The first kappa shape index (κ1) is 12.0. The zero-order valence-corrected chi connectivity index (χ0v) is 10.0. The molecule has 3 aromatic heterocycles. The molecule has 102 valence electrons. The molecule has 9 heteroatoms. The molecule has 0 saturated heterocycles. The number of nitrogens with two attached hydrogens (primary N) is 1. The lowest BCUT2D eigenvalue weighted by atomic mass is 10.4. The number of hydrogen-bond donors (Lipinski definition) is 3. The number of carbonyl (C=O) groups is 1. The van der Waals surface area contributed by atoms with Crippen LogP contribution in [0.5, 0.6) is 5.88 Å². The second kappa shape index (κ2) is 4.53. The van der Waals surface area contributed by atoms with E-state index in [1.54, 1.807) is 0 Å². The van der Waals surface area contributed by atoms with Gasteiger partial charge >= 0.3 is 5.97 Å². The van der Waals surface area contributed by atoms with Crippen molar-refractivity contribution in [2.75, 3.05) is 5.73 Å². The fourth-order valence-corrected chi connectivity index (χ4v) is 1.64. The van der Waals surface area contributed by atoms with Gasteiger partial charge in [-0.15, -0.1) is 0 Å². The Morgan fingerprint density at radius 2 is 2.30 bits per heavy atom. The van der Waals surface area contributed by atoms with Crippen molar-refractivity contribution in [1.29, 1.82) is 0 Å². The van der Waals surface area contributed by atoms with Crippen molar-refractivity contribution in [1.82, 2.24) is 19.9 Å². The molecule has 0 aliphatic carbocycles. The number of nitrogen functional groups attached to an aromatic ring is 1. The van der Waals surface area contributed by atoms with Gasteiger partial charge in [0.15, 0.2) is 5.65 Å². The van der Waals surface area contributed by atoms with Crippen molar-refractivity contribution in [2.45, 2.75) is 6.61 Å². The standard InChI is InChI=1S/C11H9N5O4/c12-11-15-8-7(13-4-14-8)9(16-11)19-3-5-1-2-6(20-5)10(17)18/h1-2,4H,3H2,(H,17,18)(H3,12,13,14,15,16). The van der Waals surface area contributed by atoms with Gasteiger partial charge in [0.1, 0.15) is 17.9 Å². The van der Waals surface area contributed by atoms with Crippen LogP contribution in [0, 0.1) is 0 Å². The number of aromatic carboxylic acids is 1. The number of H-pyrrole nitrogens is 1. The minimum atomic E-state index is -1.14. The first-order chi connectivity index (χ1) is 9.63. The van der Waals surface area contributed by atoms with Gasteiger partial charge in [-0.3, -0.25) is 0 Å². The second-order valence-corrected chi connectivity index (χ2v) is 3.85. The quantitative estimate of drug-likeness (QED) is 0.635. The fraction of sp³-hybridized carbons (Fsp3) is 0.0909. The Bertz CT molecular complexity index is 778. The number of rotatable bonds is 4. The SMILES string of the molecule is Nc1nc(OCc2ccc(C(=O)O)o2)c2[nH]cnc2n1. The topological polar surface area (TPSA) is 140 Å². The van der Waals surface area contributed by atoms with Gasteiger partial charge in [-0.1, -0.05) is 0 Å². The monoisotopic (exact) mass is 275 g/mol. The minimum absolute atomic E-state index is 0.0118. The van der Waals surface area contributed by atoms with Crippen molar-refractivity contribution in [3.63, 3.8) is 0 Å². The zero-order valence-electron chi connectivity index (χ0n) is 10.0. The molecule has 0 bridgehead atoms. The van der Waals surface area contributed by atoms with Crippen LogP contribution in [0.1, 0.15) is 16.3 Å². The van der Waals surface area contributed by atoms with Crippen LogP contribution in [0.15, 0.2) is 22.9 Å². The number of nitrogens with zero attached hydrogens (tertiary/aromatic N) is 3. The van der Waals surface area contributed by atoms with Crippen LogP contribution < -0.4 is 10.5 Å². The first-order valence-corrected chi connectivity index (χ1v) is 5.55. The number of ether oxygens (including phenoxy) is 1. The third-order valence-electron chi connectivity index (χ3n) is 2.49. The number of hydrogen-bond acceptors (Lipinski definition) is 7. The summed E-state index contributed by atoms with van der Waals surface area (Å²) < 4.78 is 10.5. The summed E-state index contributed by atoms with van der Waals surface area (Å²) >= 11 is 0. The number of anilines is 1. The molecule has 20 heavy (non-hydrogen) atoms. The maximum atomic E-state index is 10.7. The average molecular weight is 275 g/mol. The molecule has 0 atom stereocenters. The van der Waals surface area contributed by atoms with Crippen molar-refractivity contribution in [2.24, 2.45) is 0 Å². The molecule has 0 saturated carbocycles. The van der Waals surface area contributed by atoms with E-state index in [1.807, 2.05) is 0 Å². The van der Waals surface area contributed by atoms with Crippen LogP contribution in [-0.4, -0.2) is 31.0 Å². The largest absolute Gasteiger partial charge is 0.475 e. The third kappa shape index (κ3) is 2.11. The molecule has 3 rings (SSSR count). The molecule has 0 aromatic carbocycles. The molecule has 0 fully saturated rings. The van der Waals surface area contributed by atoms with Gasteiger partial charge in [-0.2, -0.15) is 9.97 Å². The van der Waals surface area contributed by atoms with Gasteiger partial charge in [0, 0.05) is 0 Å². The van der Waals surface area contributed by atoms with Crippen molar-refractivity contribution in [3.05, 3.63) is 30.0 Å². The normalized spacial score (nSPS) is 10.8. The van der Waals surface area contributed by atoms with Crippen LogP contribution in [0.3, 0.4) is 0 Å². The van der Waals surface area contributed by atoms with E-state index in [4.69, 9.17) is 20.0 Å². The highest BCUT2D eigenvalue weighted by atomic mass is 16.5. The molecule has 0 spiro atoms. The molecule has 3 aromatic rings. The highest BCUT2D eigenvalue weighted by Crippen LogP contribution is 2.21. The number of carboxylic acids is 1. The molecule has 0 amide bonds. The molecule has 9 nitrogen and oxygen atoms in total. The number of fused-ring (bicyclic) bond motifs is 1. The number of furan rings is 1. The van der Waals surface area contributed by atoms with Crippen LogP contribution in [0.2, 0.25) is 0 Å².